The smallest absolute Gasteiger partial charge is 0.337 e. The Balaban J connectivity index is 2.70. The van der Waals surface area contributed by atoms with Crippen LogP contribution in [-0.4, -0.2) is 46.9 Å². The van der Waals surface area contributed by atoms with Crippen molar-refractivity contribution >= 4 is 29.7 Å². The van der Waals surface area contributed by atoms with Gasteiger partial charge in [-0.1, -0.05) is 0 Å². The van der Waals surface area contributed by atoms with E-state index in [0.29, 0.717) is 5.06 Å². The molecule has 9 nitrogen and oxygen atoms in total. The number of hydrogen-bond donors (Lipinski definition) is 2. The standard InChI is InChI=1S/C11H12N2O7/c1-12-7(14)4-6(11(18)19)5-10(17)20-13-8(15)2-3-9(13)16/h4H,2-3,5H2,1H3,(H,12,14)(H,18,19)/b6-4-. The van der Waals surface area contributed by atoms with E-state index in [-0.39, 0.29) is 12.8 Å². The van der Waals surface area contributed by atoms with Gasteiger partial charge in [-0.25, -0.2) is 9.59 Å². The largest absolute Gasteiger partial charge is 0.478 e. The fourth-order valence-corrected chi connectivity index (χ4v) is 1.37. The topological polar surface area (TPSA) is 130 Å². The summed E-state index contributed by atoms with van der Waals surface area (Å²) in [6.07, 6.45) is -0.158. The van der Waals surface area contributed by atoms with Crippen LogP contribution in [0.15, 0.2) is 11.6 Å². The van der Waals surface area contributed by atoms with Gasteiger partial charge in [-0.15, -0.1) is 5.06 Å². The Labute approximate surface area is 113 Å². The van der Waals surface area contributed by atoms with Crippen LogP contribution in [0.25, 0.3) is 0 Å². The van der Waals surface area contributed by atoms with Crippen LogP contribution in [-0.2, 0) is 28.8 Å². The van der Waals surface area contributed by atoms with Crippen LogP contribution in [0.3, 0.4) is 0 Å². The van der Waals surface area contributed by atoms with Gasteiger partial charge in [0, 0.05) is 26.0 Å². The number of nitrogens with zero attached hydrogens (tertiary/aromatic N) is 1. The average Bonchev–Trinajstić information content (AvgIpc) is 2.69. The molecule has 1 aliphatic heterocycles. The molecule has 20 heavy (non-hydrogen) atoms. The molecule has 0 atom stereocenters. The SMILES string of the molecule is CNC(=O)/C=C(/CC(=O)ON1C(=O)CCC1=O)C(=O)O. The Morgan fingerprint density at radius 1 is 1.30 bits per heavy atom. The zero-order chi connectivity index (χ0) is 15.3. The Kier molecular flexibility index (Phi) is 4.95. The van der Waals surface area contributed by atoms with Crippen molar-refractivity contribution in [2.45, 2.75) is 19.3 Å². The summed E-state index contributed by atoms with van der Waals surface area (Å²) in [5, 5.41) is 11.3. The van der Waals surface area contributed by atoms with Crippen LogP contribution in [0.5, 0.6) is 0 Å². The van der Waals surface area contributed by atoms with E-state index in [1.165, 1.54) is 7.05 Å². The minimum Gasteiger partial charge on any atom is -0.478 e. The molecule has 0 saturated carbocycles. The molecule has 3 amide bonds. The number of amides is 3. The minimum absolute atomic E-state index is 0.0635. The van der Waals surface area contributed by atoms with Crippen molar-refractivity contribution in [1.29, 1.82) is 0 Å². The summed E-state index contributed by atoms with van der Waals surface area (Å²) in [4.78, 5) is 60.2. The van der Waals surface area contributed by atoms with Gasteiger partial charge in [0.15, 0.2) is 0 Å². The Morgan fingerprint density at radius 2 is 1.85 bits per heavy atom. The molecular formula is C11H12N2O7. The second kappa shape index (κ2) is 6.45. The Bertz CT molecular complexity index is 493. The number of likely N-dealkylation sites (N-methyl/N-ethyl adjacent to an activating group) is 1. The molecule has 0 unspecified atom stereocenters. The molecule has 108 valence electrons. The highest BCUT2D eigenvalue weighted by atomic mass is 16.7. The van der Waals surface area contributed by atoms with Gasteiger partial charge in [0.2, 0.25) is 5.91 Å². The van der Waals surface area contributed by atoms with Crippen molar-refractivity contribution < 1.29 is 33.9 Å². The van der Waals surface area contributed by atoms with Gasteiger partial charge >= 0.3 is 11.9 Å². The maximum Gasteiger partial charge on any atom is 0.337 e. The van der Waals surface area contributed by atoms with Crippen LogP contribution in [0, 0.1) is 0 Å². The van der Waals surface area contributed by atoms with Crippen molar-refractivity contribution in [3.8, 4) is 0 Å². The average molecular weight is 284 g/mol. The highest BCUT2D eigenvalue weighted by Crippen LogP contribution is 2.14. The Morgan fingerprint density at radius 3 is 2.30 bits per heavy atom. The molecule has 1 saturated heterocycles. The molecule has 1 aliphatic rings. The molecule has 0 spiro atoms. The van der Waals surface area contributed by atoms with Crippen LogP contribution in [0.2, 0.25) is 0 Å². The predicted molar refractivity (Wildman–Crippen MR) is 61.6 cm³/mol. The van der Waals surface area contributed by atoms with E-state index in [0.717, 1.165) is 6.08 Å². The van der Waals surface area contributed by atoms with E-state index in [1.54, 1.807) is 0 Å². The predicted octanol–water partition coefficient (Wildman–Crippen LogP) is -1.26. The molecule has 0 bridgehead atoms. The fraction of sp³-hybridized carbons (Fsp3) is 0.364. The summed E-state index contributed by atoms with van der Waals surface area (Å²) < 4.78 is 0. The number of rotatable bonds is 5. The first-order chi connectivity index (χ1) is 9.35. The number of nitrogens with one attached hydrogen (secondary N) is 1. The van der Waals surface area contributed by atoms with E-state index in [9.17, 15) is 24.0 Å². The van der Waals surface area contributed by atoms with Gasteiger partial charge < -0.3 is 15.3 Å². The summed E-state index contributed by atoms with van der Waals surface area (Å²) in [5.74, 6) is -4.65. The molecule has 0 radical (unpaired) electrons. The van der Waals surface area contributed by atoms with E-state index in [4.69, 9.17) is 5.11 Å². The fourth-order valence-electron chi connectivity index (χ4n) is 1.37. The van der Waals surface area contributed by atoms with E-state index in [2.05, 4.69) is 10.2 Å². The highest BCUT2D eigenvalue weighted by Gasteiger charge is 2.33. The number of hydroxylamine groups is 2. The lowest BCUT2D eigenvalue weighted by molar-refractivity contribution is -0.197. The van der Waals surface area contributed by atoms with Crippen LogP contribution in [0.4, 0.5) is 0 Å². The van der Waals surface area contributed by atoms with E-state index < -0.39 is 41.7 Å². The lowest BCUT2D eigenvalue weighted by Gasteiger charge is -2.12. The second-order valence-electron chi connectivity index (χ2n) is 3.81. The number of carboxylic acids is 1. The number of imide groups is 1. The van der Waals surface area contributed by atoms with Crippen LogP contribution in [0.1, 0.15) is 19.3 Å². The lowest BCUT2D eigenvalue weighted by atomic mass is 10.2. The second-order valence-corrected chi connectivity index (χ2v) is 3.81. The third kappa shape index (κ3) is 3.90. The zero-order valence-electron chi connectivity index (χ0n) is 10.5. The van der Waals surface area contributed by atoms with Crippen LogP contribution >= 0.6 is 0 Å². The first-order valence-corrected chi connectivity index (χ1v) is 5.57. The van der Waals surface area contributed by atoms with Crippen molar-refractivity contribution in [1.82, 2.24) is 10.4 Å². The minimum atomic E-state index is -1.48. The quantitative estimate of drug-likeness (QED) is 0.476. The van der Waals surface area contributed by atoms with Crippen LogP contribution < -0.4 is 5.32 Å². The monoisotopic (exact) mass is 284 g/mol. The molecule has 1 heterocycles. The van der Waals surface area contributed by atoms with Gasteiger partial charge in [0.05, 0.1) is 12.0 Å². The summed E-state index contributed by atoms with van der Waals surface area (Å²) in [5.41, 5.74) is -0.520. The number of carbonyl (C=O) groups excluding carboxylic acids is 4. The molecule has 0 aliphatic carbocycles. The third-order valence-electron chi connectivity index (χ3n) is 2.36. The molecule has 0 aromatic heterocycles. The molecule has 1 fully saturated rings. The molecule has 0 aromatic carbocycles. The summed E-state index contributed by atoms with van der Waals surface area (Å²) in [6, 6.07) is 0. The summed E-state index contributed by atoms with van der Waals surface area (Å²) >= 11 is 0. The van der Waals surface area contributed by atoms with Gasteiger partial charge in [-0.05, 0) is 0 Å². The van der Waals surface area contributed by atoms with Crippen molar-refractivity contribution in [2.75, 3.05) is 7.05 Å². The normalized spacial score (nSPS) is 15.2. The van der Waals surface area contributed by atoms with E-state index >= 15 is 0 Å². The number of hydrogen-bond acceptors (Lipinski definition) is 6. The maximum absolute atomic E-state index is 11.5. The first-order valence-electron chi connectivity index (χ1n) is 5.57. The van der Waals surface area contributed by atoms with Gasteiger partial charge in [-0.3, -0.25) is 14.4 Å². The molecule has 2 N–H and O–H groups in total. The Hall–Kier alpha value is -2.71. The third-order valence-corrected chi connectivity index (χ3v) is 2.36. The molecular weight excluding hydrogens is 272 g/mol. The number of carbonyl (C=O) groups is 5. The first kappa shape index (κ1) is 15.3. The summed E-state index contributed by atoms with van der Waals surface area (Å²) in [7, 11) is 1.29. The molecule has 0 aromatic rings. The maximum atomic E-state index is 11.5. The number of carboxylic acid groups (broad SMARTS) is 1. The van der Waals surface area contributed by atoms with Gasteiger partial charge in [0.25, 0.3) is 11.8 Å². The van der Waals surface area contributed by atoms with Crippen molar-refractivity contribution in [3.63, 3.8) is 0 Å². The summed E-state index contributed by atoms with van der Waals surface area (Å²) in [6.45, 7) is 0. The van der Waals surface area contributed by atoms with Gasteiger partial charge in [-0.2, -0.15) is 0 Å². The van der Waals surface area contributed by atoms with Crippen molar-refractivity contribution in [3.05, 3.63) is 11.6 Å². The zero-order valence-corrected chi connectivity index (χ0v) is 10.5. The number of aliphatic carboxylic acids is 1. The molecule has 1 rings (SSSR count). The molecule has 9 heteroatoms. The van der Waals surface area contributed by atoms with Gasteiger partial charge in [0.1, 0.15) is 0 Å². The highest BCUT2D eigenvalue weighted by molar-refractivity contribution is 6.03. The lowest BCUT2D eigenvalue weighted by Crippen LogP contribution is -2.32. The van der Waals surface area contributed by atoms with Crippen molar-refractivity contribution in [2.24, 2.45) is 0 Å². The van der Waals surface area contributed by atoms with E-state index in [1.807, 2.05) is 0 Å².